The Kier molecular flexibility index (Phi) is 8.65. The molecule has 1 heterocycles. The first-order chi connectivity index (χ1) is 13.2. The molecule has 6 nitrogen and oxygen atoms in total. The number of benzene rings is 2. The number of amides is 2. The maximum atomic E-state index is 12.0. The van der Waals surface area contributed by atoms with Crippen molar-refractivity contribution in [2.24, 2.45) is 5.10 Å². The zero-order valence-corrected chi connectivity index (χ0v) is 16.4. The fourth-order valence-electron chi connectivity index (χ4n) is 2.86. The molecule has 3 N–H and O–H groups in total. The number of nitrogens with zero attached hydrogens (tertiary/aromatic N) is 1. The Morgan fingerprint density at radius 1 is 1.00 bits per heavy atom. The molecule has 0 radical (unpaired) electrons. The van der Waals surface area contributed by atoms with Gasteiger partial charge in [-0.05, 0) is 36.2 Å². The lowest BCUT2D eigenvalue weighted by molar-refractivity contribution is -0.121. The number of carbonyl (C=O) groups is 2. The maximum Gasteiger partial charge on any atom is 0.240 e. The highest BCUT2D eigenvalue weighted by molar-refractivity contribution is 6.04. The molecule has 0 unspecified atom stereocenters. The molecular formula is C21H25ClN4O2. The lowest BCUT2D eigenvalue weighted by Crippen LogP contribution is -2.26. The van der Waals surface area contributed by atoms with E-state index in [9.17, 15) is 9.59 Å². The second-order valence-corrected chi connectivity index (χ2v) is 6.45. The minimum absolute atomic E-state index is 0. The molecule has 0 atom stereocenters. The predicted octanol–water partition coefficient (Wildman–Crippen LogP) is 2.88. The van der Waals surface area contributed by atoms with Crippen LogP contribution in [0.25, 0.3) is 0 Å². The van der Waals surface area contributed by atoms with Crippen molar-refractivity contribution in [3.8, 4) is 0 Å². The van der Waals surface area contributed by atoms with Crippen molar-refractivity contribution in [3.05, 3.63) is 65.7 Å². The van der Waals surface area contributed by atoms with E-state index >= 15 is 0 Å². The zero-order valence-electron chi connectivity index (χ0n) is 15.6. The molecule has 0 saturated carbocycles. The highest BCUT2D eigenvalue weighted by atomic mass is 35.5. The number of rotatable bonds is 8. The van der Waals surface area contributed by atoms with Gasteiger partial charge in [-0.2, -0.15) is 5.10 Å². The predicted molar refractivity (Wildman–Crippen MR) is 114 cm³/mol. The highest BCUT2D eigenvalue weighted by Gasteiger charge is 2.13. The van der Waals surface area contributed by atoms with E-state index in [1.165, 1.54) is 5.56 Å². The van der Waals surface area contributed by atoms with Gasteiger partial charge in [-0.25, -0.2) is 5.43 Å². The fraction of sp³-hybridized carbons (Fsp3) is 0.286. The average Bonchev–Trinajstić information content (AvgIpc) is 2.70. The summed E-state index contributed by atoms with van der Waals surface area (Å²) in [5, 5.41) is 10.3. The van der Waals surface area contributed by atoms with E-state index in [-0.39, 0.29) is 24.2 Å². The van der Waals surface area contributed by atoms with Crippen LogP contribution in [0.15, 0.2) is 59.7 Å². The standard InChI is InChI=1S/C21H24N4O2.ClH/c26-20(13-15-22-14-12-16-4-2-1-3-5-16)23-18-8-6-17(7-9-18)19-10-11-21(27)25-24-19;/h1-9,22H,10-15H2,(H,23,26)(H,25,27);1H. The number of hydrogen-bond donors (Lipinski definition) is 3. The monoisotopic (exact) mass is 400 g/mol. The van der Waals surface area contributed by atoms with E-state index in [2.05, 4.69) is 33.3 Å². The van der Waals surface area contributed by atoms with Gasteiger partial charge in [0, 0.05) is 31.5 Å². The molecule has 28 heavy (non-hydrogen) atoms. The van der Waals surface area contributed by atoms with Crippen molar-refractivity contribution in [2.75, 3.05) is 18.4 Å². The Morgan fingerprint density at radius 2 is 1.75 bits per heavy atom. The lowest BCUT2D eigenvalue weighted by Gasteiger charge is -2.12. The minimum atomic E-state index is -0.0555. The largest absolute Gasteiger partial charge is 0.326 e. The molecule has 0 saturated heterocycles. The van der Waals surface area contributed by atoms with Crippen molar-refractivity contribution in [1.82, 2.24) is 10.7 Å². The van der Waals surface area contributed by atoms with Crippen LogP contribution in [0.5, 0.6) is 0 Å². The second kappa shape index (κ2) is 11.2. The van der Waals surface area contributed by atoms with Gasteiger partial charge >= 0.3 is 0 Å². The summed E-state index contributed by atoms with van der Waals surface area (Å²) in [6.07, 6.45) is 2.46. The van der Waals surface area contributed by atoms with Crippen LogP contribution in [-0.2, 0) is 16.0 Å². The van der Waals surface area contributed by atoms with E-state index < -0.39 is 0 Å². The molecule has 0 aromatic heterocycles. The Morgan fingerprint density at radius 3 is 2.43 bits per heavy atom. The third kappa shape index (κ3) is 6.79. The van der Waals surface area contributed by atoms with Crippen LogP contribution in [-0.4, -0.2) is 30.6 Å². The smallest absolute Gasteiger partial charge is 0.240 e. The summed E-state index contributed by atoms with van der Waals surface area (Å²) < 4.78 is 0. The molecule has 2 aromatic carbocycles. The zero-order chi connectivity index (χ0) is 18.9. The summed E-state index contributed by atoms with van der Waals surface area (Å²) in [4.78, 5) is 23.2. The van der Waals surface area contributed by atoms with Gasteiger partial charge in [0.15, 0.2) is 0 Å². The summed E-state index contributed by atoms with van der Waals surface area (Å²) in [7, 11) is 0. The van der Waals surface area contributed by atoms with Gasteiger partial charge in [-0.1, -0.05) is 42.5 Å². The van der Waals surface area contributed by atoms with Crippen LogP contribution < -0.4 is 16.1 Å². The molecule has 0 fully saturated rings. The van der Waals surface area contributed by atoms with E-state index in [0.717, 1.165) is 29.9 Å². The first kappa shape index (κ1) is 21.6. The molecule has 7 heteroatoms. The van der Waals surface area contributed by atoms with Gasteiger partial charge in [-0.3, -0.25) is 9.59 Å². The Hall–Kier alpha value is -2.70. The molecule has 3 rings (SSSR count). The van der Waals surface area contributed by atoms with Crippen LogP contribution >= 0.6 is 12.4 Å². The molecule has 0 bridgehead atoms. The van der Waals surface area contributed by atoms with Gasteiger partial charge in [0.05, 0.1) is 5.71 Å². The summed E-state index contributed by atoms with van der Waals surface area (Å²) in [6, 6.07) is 17.8. The van der Waals surface area contributed by atoms with Crippen LogP contribution in [0.3, 0.4) is 0 Å². The Balaban J connectivity index is 0.00000280. The van der Waals surface area contributed by atoms with Gasteiger partial charge in [0.1, 0.15) is 0 Å². The van der Waals surface area contributed by atoms with Gasteiger partial charge in [0.25, 0.3) is 0 Å². The highest BCUT2D eigenvalue weighted by Crippen LogP contribution is 2.14. The van der Waals surface area contributed by atoms with E-state index in [1.807, 2.05) is 42.5 Å². The molecule has 0 spiro atoms. The molecule has 1 aliphatic heterocycles. The lowest BCUT2D eigenvalue weighted by atomic mass is 10.0. The molecule has 2 aromatic rings. The first-order valence-corrected chi connectivity index (χ1v) is 9.21. The van der Waals surface area contributed by atoms with Crippen LogP contribution in [0, 0.1) is 0 Å². The quantitative estimate of drug-likeness (QED) is 0.596. The first-order valence-electron chi connectivity index (χ1n) is 9.21. The molecule has 0 aliphatic carbocycles. The van der Waals surface area contributed by atoms with Crippen molar-refractivity contribution < 1.29 is 9.59 Å². The number of halogens is 1. The minimum Gasteiger partial charge on any atom is -0.326 e. The van der Waals surface area contributed by atoms with Crippen molar-refractivity contribution >= 4 is 35.6 Å². The van der Waals surface area contributed by atoms with Gasteiger partial charge < -0.3 is 10.6 Å². The summed E-state index contributed by atoms with van der Waals surface area (Å²) >= 11 is 0. The number of hydrazone groups is 1. The molecular weight excluding hydrogens is 376 g/mol. The van der Waals surface area contributed by atoms with Crippen LogP contribution in [0.4, 0.5) is 5.69 Å². The topological polar surface area (TPSA) is 82.6 Å². The van der Waals surface area contributed by atoms with E-state index in [1.54, 1.807) is 0 Å². The SMILES string of the molecule is Cl.O=C1CCC(c2ccc(NC(=O)CCNCCc3ccccc3)cc2)=NN1. The molecule has 148 valence electrons. The number of hydrogen-bond acceptors (Lipinski definition) is 4. The maximum absolute atomic E-state index is 12.0. The summed E-state index contributed by atoms with van der Waals surface area (Å²) in [5.41, 5.74) is 6.35. The van der Waals surface area contributed by atoms with Gasteiger partial charge in [-0.15, -0.1) is 12.4 Å². The average molecular weight is 401 g/mol. The van der Waals surface area contributed by atoms with Crippen molar-refractivity contribution in [3.63, 3.8) is 0 Å². The third-order valence-electron chi connectivity index (χ3n) is 4.37. The number of anilines is 1. The van der Waals surface area contributed by atoms with E-state index in [4.69, 9.17) is 0 Å². The fourth-order valence-corrected chi connectivity index (χ4v) is 2.86. The summed E-state index contributed by atoms with van der Waals surface area (Å²) in [5.74, 6) is -0.0720. The van der Waals surface area contributed by atoms with E-state index in [0.29, 0.717) is 25.8 Å². The second-order valence-electron chi connectivity index (χ2n) is 6.45. The Bertz CT molecular complexity index is 807. The molecule has 1 aliphatic rings. The number of carbonyl (C=O) groups excluding carboxylic acids is 2. The van der Waals surface area contributed by atoms with Gasteiger partial charge in [0.2, 0.25) is 11.8 Å². The molecule has 2 amide bonds. The number of nitrogens with one attached hydrogen (secondary N) is 3. The third-order valence-corrected chi connectivity index (χ3v) is 4.37. The van der Waals surface area contributed by atoms with Crippen molar-refractivity contribution in [2.45, 2.75) is 25.7 Å². The Labute approximate surface area is 171 Å². The van der Waals surface area contributed by atoms with Crippen molar-refractivity contribution in [1.29, 1.82) is 0 Å². The van der Waals surface area contributed by atoms with Crippen LogP contribution in [0.2, 0.25) is 0 Å². The van der Waals surface area contributed by atoms with Crippen LogP contribution in [0.1, 0.15) is 30.4 Å². The normalized spacial score (nSPS) is 13.1. The summed E-state index contributed by atoms with van der Waals surface area (Å²) in [6.45, 7) is 1.50.